The van der Waals surface area contributed by atoms with Crippen molar-refractivity contribution in [3.05, 3.63) is 126 Å². The molecule has 6 aromatic rings. The van der Waals surface area contributed by atoms with Crippen LogP contribution in [0.4, 0.5) is 5.69 Å². The van der Waals surface area contributed by atoms with E-state index in [1.54, 1.807) is 0 Å². The van der Waals surface area contributed by atoms with E-state index in [9.17, 15) is 0 Å². The number of aromatic nitrogens is 2. The Morgan fingerprint density at radius 3 is 2.09 bits per heavy atom. The maximum absolute atomic E-state index is 6.58. The Bertz CT molecular complexity index is 2190. The van der Waals surface area contributed by atoms with Gasteiger partial charge in [0, 0.05) is 35.4 Å². The van der Waals surface area contributed by atoms with Crippen LogP contribution in [-0.2, 0) is 31.9 Å². The second kappa shape index (κ2) is 15.6. The Kier molecular flexibility index (Phi) is 11.4. The molecule has 0 saturated carbocycles. The van der Waals surface area contributed by atoms with Gasteiger partial charge in [-0.1, -0.05) is 110 Å². The molecule has 0 N–H and O–H groups in total. The standard InChI is InChI=1S/C47H52N4O.Pt/c1-9-16-32(17-10-2)41-31-50(36-28-34(46(3,4)5)27-35(29-36)47(6,7)8)45(49-41)33-18-15-19-37(26-33)52-38-23-24-40-39-20-11-12-21-42(39)51(43(40)30-38)44-22-13-14-25-48-44;/h11-15,18-25,27-29,32,41H,9-10,16-17,31H2,1-8H3;/q-2;+2/t41-;/m0./s1. The Morgan fingerprint density at radius 2 is 1.43 bits per heavy atom. The molecular formula is C47H52N4OPt. The van der Waals surface area contributed by atoms with Crippen LogP contribution in [0.2, 0.25) is 0 Å². The summed E-state index contributed by atoms with van der Waals surface area (Å²) in [5.41, 5.74) is 6.85. The molecule has 0 aliphatic carbocycles. The van der Waals surface area contributed by atoms with Crippen molar-refractivity contribution in [1.82, 2.24) is 9.55 Å². The number of pyridine rings is 1. The predicted molar refractivity (Wildman–Crippen MR) is 218 cm³/mol. The minimum atomic E-state index is 0. The van der Waals surface area contributed by atoms with Gasteiger partial charge < -0.3 is 19.2 Å². The van der Waals surface area contributed by atoms with Gasteiger partial charge >= 0.3 is 21.1 Å². The number of para-hydroxylation sites is 1. The van der Waals surface area contributed by atoms with Gasteiger partial charge in [0.15, 0.2) is 0 Å². The summed E-state index contributed by atoms with van der Waals surface area (Å²) in [6, 6.07) is 39.3. The molecule has 0 saturated heterocycles. The molecule has 3 heterocycles. The van der Waals surface area contributed by atoms with Gasteiger partial charge in [-0.2, -0.15) is 6.07 Å². The topological polar surface area (TPSA) is 42.6 Å². The first kappa shape index (κ1) is 38.5. The molecule has 1 aliphatic rings. The molecule has 2 aromatic heterocycles. The van der Waals surface area contributed by atoms with Crippen molar-refractivity contribution < 1.29 is 25.8 Å². The maximum Gasteiger partial charge on any atom is 2.00 e. The summed E-state index contributed by atoms with van der Waals surface area (Å²) in [5, 5.41) is 2.26. The number of hydrogen-bond acceptors (Lipinski definition) is 4. The molecule has 5 nitrogen and oxygen atoms in total. The number of fused-ring (bicyclic) bond motifs is 3. The number of hydrogen-bond donors (Lipinski definition) is 0. The molecule has 0 spiro atoms. The van der Waals surface area contributed by atoms with Gasteiger partial charge in [-0.15, -0.1) is 41.3 Å². The molecule has 0 bridgehead atoms. The number of nitrogens with zero attached hydrogens (tertiary/aromatic N) is 4. The molecule has 53 heavy (non-hydrogen) atoms. The zero-order valence-corrected chi connectivity index (χ0v) is 34.7. The number of rotatable bonds is 10. The predicted octanol–water partition coefficient (Wildman–Crippen LogP) is 12.0. The van der Waals surface area contributed by atoms with E-state index in [1.165, 1.54) is 29.7 Å². The van der Waals surface area contributed by atoms with Crippen molar-refractivity contribution in [3.63, 3.8) is 0 Å². The molecule has 0 fully saturated rings. The quantitative estimate of drug-likeness (QED) is 0.129. The van der Waals surface area contributed by atoms with Gasteiger partial charge in [-0.3, -0.25) is 0 Å². The molecule has 7 rings (SSSR count). The minimum Gasteiger partial charge on any atom is -0.503 e. The number of ether oxygens (including phenoxy) is 1. The fraction of sp³-hybridized carbons (Fsp3) is 0.362. The zero-order chi connectivity index (χ0) is 36.6. The summed E-state index contributed by atoms with van der Waals surface area (Å²) in [6.07, 6.45) is 6.51. The fourth-order valence-electron chi connectivity index (χ4n) is 7.56. The summed E-state index contributed by atoms with van der Waals surface area (Å²) in [4.78, 5) is 12.7. The van der Waals surface area contributed by atoms with Gasteiger partial charge in [0.05, 0.1) is 11.9 Å². The Morgan fingerprint density at radius 1 is 0.755 bits per heavy atom. The van der Waals surface area contributed by atoms with E-state index in [1.807, 2.05) is 36.5 Å². The molecule has 1 aliphatic heterocycles. The smallest absolute Gasteiger partial charge is 0.503 e. The third kappa shape index (κ3) is 8.02. The third-order valence-corrected chi connectivity index (χ3v) is 10.4. The van der Waals surface area contributed by atoms with E-state index >= 15 is 0 Å². The van der Waals surface area contributed by atoms with Gasteiger partial charge in [0.2, 0.25) is 0 Å². The normalized spacial score (nSPS) is 14.9. The van der Waals surface area contributed by atoms with Crippen molar-refractivity contribution in [2.75, 3.05) is 11.4 Å². The molecule has 276 valence electrons. The van der Waals surface area contributed by atoms with Crippen LogP contribution < -0.4 is 9.64 Å². The summed E-state index contributed by atoms with van der Waals surface area (Å²) in [6.45, 7) is 19.3. The SMILES string of the molecule is CCCC(CCC)[C@@H]1CN(c2cc(C(C)(C)C)cc(C(C)(C)C)c2)C(c2[c-]c(Oc3[c-]c4c(cc3)c3ccccc3n4-c3ccccn3)ccc2)=N1.[Pt+2]. The van der Waals surface area contributed by atoms with Gasteiger partial charge in [0.25, 0.3) is 0 Å². The number of benzene rings is 4. The van der Waals surface area contributed by atoms with E-state index in [2.05, 4.69) is 143 Å². The van der Waals surface area contributed by atoms with Crippen LogP contribution in [0.3, 0.4) is 0 Å². The number of aliphatic imine (C=N–C) groups is 1. The first-order valence-corrected chi connectivity index (χ1v) is 19.0. The first-order chi connectivity index (χ1) is 24.9. The van der Waals surface area contributed by atoms with Gasteiger partial charge in [-0.05, 0) is 76.4 Å². The van der Waals surface area contributed by atoms with Crippen LogP contribution in [0.1, 0.15) is 97.8 Å². The molecule has 6 heteroatoms. The third-order valence-electron chi connectivity index (χ3n) is 10.4. The number of amidine groups is 1. The molecule has 0 unspecified atom stereocenters. The second-order valence-electron chi connectivity index (χ2n) is 16.4. The van der Waals surface area contributed by atoms with E-state index in [0.717, 1.165) is 58.4 Å². The fourth-order valence-corrected chi connectivity index (χ4v) is 7.56. The summed E-state index contributed by atoms with van der Waals surface area (Å²) >= 11 is 0. The maximum atomic E-state index is 6.58. The average molecular weight is 884 g/mol. The summed E-state index contributed by atoms with van der Waals surface area (Å²) in [7, 11) is 0. The largest absolute Gasteiger partial charge is 2.00 e. The Balaban J connectivity index is 0.00000481. The van der Waals surface area contributed by atoms with Crippen molar-refractivity contribution >= 4 is 33.3 Å². The molecule has 1 atom stereocenters. The van der Waals surface area contributed by atoms with Gasteiger partial charge in [-0.25, -0.2) is 4.98 Å². The van der Waals surface area contributed by atoms with Crippen molar-refractivity contribution in [3.8, 4) is 17.3 Å². The number of anilines is 1. The minimum absolute atomic E-state index is 0. The van der Waals surface area contributed by atoms with Crippen LogP contribution in [-0.4, -0.2) is 28.0 Å². The van der Waals surface area contributed by atoms with Crippen LogP contribution >= 0.6 is 0 Å². The molecule has 0 radical (unpaired) electrons. The molecule has 4 aromatic carbocycles. The van der Waals surface area contributed by atoms with E-state index in [4.69, 9.17) is 9.73 Å². The summed E-state index contributed by atoms with van der Waals surface area (Å²) < 4.78 is 8.73. The Labute approximate surface area is 330 Å². The zero-order valence-electron chi connectivity index (χ0n) is 32.4. The van der Waals surface area contributed by atoms with Crippen LogP contribution in [0.15, 0.2) is 102 Å². The van der Waals surface area contributed by atoms with Crippen LogP contribution in [0.25, 0.3) is 27.6 Å². The second-order valence-corrected chi connectivity index (χ2v) is 16.4. The van der Waals surface area contributed by atoms with Crippen LogP contribution in [0.5, 0.6) is 11.5 Å². The van der Waals surface area contributed by atoms with Crippen molar-refractivity contribution in [1.29, 1.82) is 0 Å². The monoisotopic (exact) mass is 883 g/mol. The Hall–Kier alpha value is -4.21. The summed E-state index contributed by atoms with van der Waals surface area (Å²) in [5.74, 6) is 3.61. The molecule has 0 amide bonds. The van der Waals surface area contributed by atoms with Gasteiger partial charge in [0.1, 0.15) is 5.82 Å². The molecular weight excluding hydrogens is 832 g/mol. The van der Waals surface area contributed by atoms with Crippen molar-refractivity contribution in [2.45, 2.75) is 97.9 Å². The average Bonchev–Trinajstić information content (AvgIpc) is 3.71. The van der Waals surface area contributed by atoms with E-state index in [0.29, 0.717) is 17.4 Å². The van der Waals surface area contributed by atoms with E-state index in [-0.39, 0.29) is 37.9 Å². The van der Waals surface area contributed by atoms with Crippen LogP contribution in [0, 0.1) is 18.1 Å². The van der Waals surface area contributed by atoms with E-state index < -0.39 is 0 Å². The van der Waals surface area contributed by atoms with Crippen molar-refractivity contribution in [2.24, 2.45) is 10.9 Å². The first-order valence-electron chi connectivity index (χ1n) is 19.0.